The molecule has 0 bridgehead atoms. The van der Waals surface area contributed by atoms with Gasteiger partial charge < -0.3 is 14.8 Å². The van der Waals surface area contributed by atoms with Gasteiger partial charge in [0.15, 0.2) is 0 Å². The number of carboxylic acids is 1. The molecule has 1 saturated heterocycles. The van der Waals surface area contributed by atoms with Gasteiger partial charge in [0, 0.05) is 19.1 Å². The summed E-state index contributed by atoms with van der Waals surface area (Å²) >= 11 is 0. The molecule has 5 nitrogen and oxygen atoms in total. The molecule has 0 amide bonds. The summed E-state index contributed by atoms with van der Waals surface area (Å²) in [5.41, 5.74) is 0. The molecule has 0 saturated carbocycles. The first-order chi connectivity index (χ1) is 7.69. The molecular weight excluding hydrogens is 208 g/mol. The van der Waals surface area contributed by atoms with Crippen molar-refractivity contribution in [2.75, 3.05) is 20.1 Å². The van der Waals surface area contributed by atoms with Crippen molar-refractivity contribution >= 4 is 5.97 Å². The topological polar surface area (TPSA) is 65.7 Å². The third-order valence-corrected chi connectivity index (χ3v) is 2.93. The van der Waals surface area contributed by atoms with Crippen LogP contribution < -0.4 is 5.32 Å². The monoisotopic (exact) mass is 224 g/mol. The van der Waals surface area contributed by atoms with E-state index in [0.29, 0.717) is 18.3 Å². The van der Waals surface area contributed by atoms with Crippen LogP contribution in [0.25, 0.3) is 0 Å². The number of nitrogens with one attached hydrogen (secondary N) is 1. The highest BCUT2D eigenvalue weighted by molar-refractivity contribution is 5.84. The molecule has 0 spiro atoms. The van der Waals surface area contributed by atoms with E-state index in [1.165, 1.54) is 6.07 Å². The molecule has 1 aliphatic heterocycles. The molecule has 0 aliphatic carbocycles. The standard InChI is InChI=1S/C11H16N2O3/c1-12-8-4-5-13(6-8)7-9-2-3-10(16-9)11(14)15/h2-3,8,12H,4-7H2,1H3,(H,14,15). The summed E-state index contributed by atoms with van der Waals surface area (Å²) in [5.74, 6) is -0.283. The Hall–Kier alpha value is -1.33. The minimum Gasteiger partial charge on any atom is -0.475 e. The van der Waals surface area contributed by atoms with E-state index >= 15 is 0 Å². The second-order valence-electron chi connectivity index (χ2n) is 4.08. The SMILES string of the molecule is CNC1CCN(Cc2ccc(C(=O)O)o2)C1. The maximum Gasteiger partial charge on any atom is 0.371 e. The largest absolute Gasteiger partial charge is 0.475 e. The number of aromatic carboxylic acids is 1. The number of likely N-dealkylation sites (N-methyl/N-ethyl adjacent to an activating group) is 1. The number of nitrogens with zero attached hydrogens (tertiary/aromatic N) is 1. The molecule has 1 atom stereocenters. The lowest BCUT2D eigenvalue weighted by molar-refractivity contribution is 0.0658. The molecule has 88 valence electrons. The molecule has 1 aliphatic rings. The van der Waals surface area contributed by atoms with Gasteiger partial charge in [-0.15, -0.1) is 0 Å². The molecule has 5 heteroatoms. The zero-order chi connectivity index (χ0) is 11.5. The van der Waals surface area contributed by atoms with Gasteiger partial charge >= 0.3 is 5.97 Å². The maximum absolute atomic E-state index is 10.6. The Morgan fingerprint density at radius 1 is 1.69 bits per heavy atom. The fourth-order valence-corrected chi connectivity index (χ4v) is 2.01. The van der Waals surface area contributed by atoms with E-state index in [9.17, 15) is 4.79 Å². The smallest absolute Gasteiger partial charge is 0.371 e. The summed E-state index contributed by atoms with van der Waals surface area (Å²) in [5, 5.41) is 12.0. The summed E-state index contributed by atoms with van der Waals surface area (Å²) < 4.78 is 5.21. The van der Waals surface area contributed by atoms with Crippen LogP contribution in [0.3, 0.4) is 0 Å². The van der Waals surface area contributed by atoms with Gasteiger partial charge in [0.25, 0.3) is 0 Å². The number of hydrogen-bond donors (Lipinski definition) is 2. The summed E-state index contributed by atoms with van der Waals surface area (Å²) in [6.07, 6.45) is 1.13. The van der Waals surface area contributed by atoms with Gasteiger partial charge in [-0.25, -0.2) is 4.79 Å². The van der Waals surface area contributed by atoms with Crippen LogP contribution in [0.4, 0.5) is 0 Å². The predicted molar refractivity (Wildman–Crippen MR) is 58.4 cm³/mol. The summed E-state index contributed by atoms with van der Waals surface area (Å²) in [6, 6.07) is 3.77. The van der Waals surface area contributed by atoms with Crippen LogP contribution in [0.1, 0.15) is 22.7 Å². The number of carbonyl (C=O) groups is 1. The average molecular weight is 224 g/mol. The van der Waals surface area contributed by atoms with E-state index in [4.69, 9.17) is 9.52 Å². The zero-order valence-electron chi connectivity index (χ0n) is 9.27. The van der Waals surface area contributed by atoms with Gasteiger partial charge in [-0.3, -0.25) is 4.90 Å². The summed E-state index contributed by atoms with van der Waals surface area (Å²) in [7, 11) is 1.96. The molecule has 1 unspecified atom stereocenters. The molecule has 0 aromatic carbocycles. The molecule has 0 radical (unpaired) electrons. The molecular formula is C11H16N2O3. The molecule has 2 N–H and O–H groups in total. The first-order valence-corrected chi connectivity index (χ1v) is 5.40. The maximum atomic E-state index is 10.6. The molecule has 2 rings (SSSR count). The molecule has 2 heterocycles. The van der Waals surface area contributed by atoms with Crippen molar-refractivity contribution < 1.29 is 14.3 Å². The van der Waals surface area contributed by atoms with Crippen molar-refractivity contribution in [1.82, 2.24) is 10.2 Å². The Bertz CT molecular complexity index is 375. The van der Waals surface area contributed by atoms with Crippen LogP contribution >= 0.6 is 0 Å². The molecule has 16 heavy (non-hydrogen) atoms. The Morgan fingerprint density at radius 3 is 3.06 bits per heavy atom. The number of furan rings is 1. The molecule has 1 aromatic heterocycles. The van der Waals surface area contributed by atoms with Crippen molar-refractivity contribution in [2.24, 2.45) is 0 Å². The van der Waals surface area contributed by atoms with Crippen molar-refractivity contribution in [1.29, 1.82) is 0 Å². The van der Waals surface area contributed by atoms with Gasteiger partial charge in [-0.1, -0.05) is 0 Å². The Kier molecular flexibility index (Phi) is 3.26. The lowest BCUT2D eigenvalue weighted by atomic mass is 10.3. The molecule has 1 aromatic rings. The van der Waals surface area contributed by atoms with E-state index in [1.807, 2.05) is 7.05 Å². The fourth-order valence-electron chi connectivity index (χ4n) is 2.01. The number of rotatable bonds is 4. The van der Waals surface area contributed by atoms with E-state index < -0.39 is 5.97 Å². The van der Waals surface area contributed by atoms with Crippen LogP contribution in [-0.2, 0) is 6.54 Å². The third kappa shape index (κ3) is 2.43. The predicted octanol–water partition coefficient (Wildman–Crippen LogP) is 0.771. The number of likely N-dealkylation sites (tertiary alicyclic amines) is 1. The highest BCUT2D eigenvalue weighted by atomic mass is 16.4. The zero-order valence-corrected chi connectivity index (χ0v) is 9.27. The van der Waals surface area contributed by atoms with Crippen molar-refractivity contribution in [3.05, 3.63) is 23.7 Å². The lowest BCUT2D eigenvalue weighted by Crippen LogP contribution is -2.29. The third-order valence-electron chi connectivity index (χ3n) is 2.93. The van der Waals surface area contributed by atoms with Crippen molar-refractivity contribution in [3.63, 3.8) is 0 Å². The lowest BCUT2D eigenvalue weighted by Gasteiger charge is -2.13. The summed E-state index contributed by atoms with van der Waals surface area (Å²) in [6.45, 7) is 2.69. The fraction of sp³-hybridized carbons (Fsp3) is 0.545. The normalized spacial score (nSPS) is 21.4. The number of hydrogen-bond acceptors (Lipinski definition) is 4. The van der Waals surface area contributed by atoms with Gasteiger partial charge in [-0.05, 0) is 25.6 Å². The van der Waals surface area contributed by atoms with E-state index in [-0.39, 0.29) is 5.76 Å². The van der Waals surface area contributed by atoms with Crippen LogP contribution in [0.5, 0.6) is 0 Å². The van der Waals surface area contributed by atoms with Crippen molar-refractivity contribution in [2.45, 2.75) is 19.0 Å². The van der Waals surface area contributed by atoms with Gasteiger partial charge in [-0.2, -0.15) is 0 Å². The highest BCUT2D eigenvalue weighted by Gasteiger charge is 2.22. The van der Waals surface area contributed by atoms with E-state index in [0.717, 1.165) is 19.5 Å². The second-order valence-corrected chi connectivity index (χ2v) is 4.08. The highest BCUT2D eigenvalue weighted by Crippen LogP contribution is 2.15. The Morgan fingerprint density at radius 2 is 2.50 bits per heavy atom. The van der Waals surface area contributed by atoms with Gasteiger partial charge in [0.05, 0.1) is 6.54 Å². The quantitative estimate of drug-likeness (QED) is 0.791. The first kappa shape index (κ1) is 11.2. The summed E-state index contributed by atoms with van der Waals surface area (Å²) in [4.78, 5) is 12.9. The minimum atomic E-state index is -1.01. The molecule has 1 fully saturated rings. The van der Waals surface area contributed by atoms with E-state index in [2.05, 4.69) is 10.2 Å². The first-order valence-electron chi connectivity index (χ1n) is 5.40. The van der Waals surface area contributed by atoms with Gasteiger partial charge in [0.1, 0.15) is 5.76 Å². The Labute approximate surface area is 94.0 Å². The van der Waals surface area contributed by atoms with Crippen molar-refractivity contribution in [3.8, 4) is 0 Å². The minimum absolute atomic E-state index is 0.0133. The van der Waals surface area contributed by atoms with Gasteiger partial charge in [0.2, 0.25) is 5.76 Å². The average Bonchev–Trinajstić information content (AvgIpc) is 2.87. The van der Waals surface area contributed by atoms with Crippen LogP contribution in [0, 0.1) is 0 Å². The van der Waals surface area contributed by atoms with Crippen LogP contribution in [0.2, 0.25) is 0 Å². The second kappa shape index (κ2) is 4.67. The van der Waals surface area contributed by atoms with Crippen LogP contribution in [0.15, 0.2) is 16.5 Å². The number of carboxylic acid groups (broad SMARTS) is 1. The Balaban J connectivity index is 1.92. The van der Waals surface area contributed by atoms with Crippen LogP contribution in [-0.4, -0.2) is 42.2 Å². The van der Waals surface area contributed by atoms with E-state index in [1.54, 1.807) is 6.07 Å².